The minimum Gasteiger partial charge on any atom is -0.748 e. The summed E-state index contributed by atoms with van der Waals surface area (Å²) in [6, 6.07) is 0.500. The van der Waals surface area contributed by atoms with Gasteiger partial charge in [-0.25, -0.2) is 8.42 Å². The van der Waals surface area contributed by atoms with Gasteiger partial charge in [0, 0.05) is 25.5 Å². The predicted octanol–water partition coefficient (Wildman–Crippen LogP) is 0.440. The molecular weight excluding hydrogens is 270 g/mol. The van der Waals surface area contributed by atoms with E-state index in [4.69, 9.17) is 17.8 Å². The summed E-state index contributed by atoms with van der Waals surface area (Å²) in [5.41, 5.74) is 0. The minimum absolute atomic E-state index is 0.208. The van der Waals surface area contributed by atoms with Crippen LogP contribution in [0.4, 0.5) is 0 Å². The summed E-state index contributed by atoms with van der Waals surface area (Å²) in [5, 5.41) is 0. The molecule has 1 spiro atoms. The molecule has 0 aromatic carbocycles. The van der Waals surface area contributed by atoms with Crippen molar-refractivity contribution >= 4 is 15.9 Å². The van der Waals surface area contributed by atoms with Crippen LogP contribution >= 0.6 is 0 Å². The number of nitrogens with zero attached hydrogens (tertiary/aromatic N) is 1. The Kier molecular flexibility index (Phi) is 4.02. The molecule has 0 aromatic heterocycles. The number of hydrogen-bond acceptors (Lipinski definition) is 5. The average molecular weight is 291 g/mol. The summed E-state index contributed by atoms with van der Waals surface area (Å²) < 4.78 is 28.1. The second kappa shape index (κ2) is 5.12. The van der Waals surface area contributed by atoms with Gasteiger partial charge in [-0.15, -0.1) is 0 Å². The number of hydroxylamine groups is 3. The zero-order valence-corrected chi connectivity index (χ0v) is 12.2. The lowest BCUT2D eigenvalue weighted by atomic mass is 9.89. The SMILES string of the molecule is CC(=O)C1[C@@H]2CCC[N+]3(CCC[C@@H]13)O2.CS(=O)(=O)[O-]. The van der Waals surface area contributed by atoms with Crippen molar-refractivity contribution in [1.29, 1.82) is 0 Å². The van der Waals surface area contributed by atoms with Gasteiger partial charge in [-0.1, -0.05) is 0 Å². The van der Waals surface area contributed by atoms with Gasteiger partial charge in [0.15, 0.2) is 0 Å². The van der Waals surface area contributed by atoms with Crippen LogP contribution in [-0.4, -0.2) is 54.9 Å². The summed E-state index contributed by atoms with van der Waals surface area (Å²) in [5.74, 6) is 0.559. The topological polar surface area (TPSA) is 83.5 Å². The molecule has 0 saturated carbocycles. The number of quaternary nitrogens is 1. The second-order valence-electron chi connectivity index (χ2n) is 5.74. The lowest BCUT2D eigenvalue weighted by Crippen LogP contribution is -2.49. The normalized spacial score (nSPS) is 40.3. The van der Waals surface area contributed by atoms with E-state index in [-0.39, 0.29) is 12.0 Å². The van der Waals surface area contributed by atoms with Crippen molar-refractivity contribution in [2.75, 3.05) is 19.3 Å². The molecule has 110 valence electrons. The summed E-state index contributed by atoms with van der Waals surface area (Å²) in [6.07, 6.45) is 5.62. The molecule has 7 heteroatoms. The van der Waals surface area contributed by atoms with Crippen molar-refractivity contribution in [1.82, 2.24) is 0 Å². The van der Waals surface area contributed by atoms with Crippen LogP contribution in [-0.2, 0) is 19.8 Å². The van der Waals surface area contributed by atoms with E-state index in [1.165, 1.54) is 19.3 Å². The molecule has 3 heterocycles. The fraction of sp³-hybridized carbons (Fsp3) is 0.917. The maximum absolute atomic E-state index is 11.6. The van der Waals surface area contributed by atoms with Crippen LogP contribution in [0.3, 0.4) is 0 Å². The molecule has 0 amide bonds. The molecule has 6 nitrogen and oxygen atoms in total. The number of Topliss-reactive ketones (excluding diaryl/α,β-unsaturated/α-hetero) is 1. The molecule has 0 radical (unpaired) electrons. The molecule has 3 aliphatic heterocycles. The monoisotopic (exact) mass is 291 g/mol. The van der Waals surface area contributed by atoms with E-state index in [2.05, 4.69) is 0 Å². The van der Waals surface area contributed by atoms with Crippen molar-refractivity contribution in [2.45, 2.75) is 44.8 Å². The Bertz CT molecular complexity index is 455. The molecule has 3 aliphatic rings. The molecule has 19 heavy (non-hydrogen) atoms. The highest BCUT2D eigenvalue weighted by molar-refractivity contribution is 7.84. The number of rotatable bonds is 1. The van der Waals surface area contributed by atoms with E-state index < -0.39 is 10.1 Å². The Hall–Kier alpha value is -0.500. The first-order chi connectivity index (χ1) is 8.73. The number of carbonyl (C=O) groups excluding carboxylic acids is 1. The lowest BCUT2D eigenvalue weighted by molar-refractivity contribution is -1.11. The highest BCUT2D eigenvalue weighted by atomic mass is 32.2. The van der Waals surface area contributed by atoms with E-state index in [1.54, 1.807) is 6.92 Å². The molecule has 0 aromatic rings. The molecule has 4 atom stereocenters. The Morgan fingerprint density at radius 3 is 2.32 bits per heavy atom. The first kappa shape index (κ1) is 14.9. The molecular formula is C12H21NO5S. The number of fused-ring (bicyclic) bond motifs is 1. The molecule has 0 aliphatic carbocycles. The Morgan fingerprint density at radius 2 is 1.79 bits per heavy atom. The molecule has 0 N–H and O–H groups in total. The van der Waals surface area contributed by atoms with Gasteiger partial charge in [0.1, 0.15) is 36.9 Å². The number of ketones is 1. The molecule has 3 fully saturated rings. The fourth-order valence-electron chi connectivity index (χ4n) is 3.81. The summed E-state index contributed by atoms with van der Waals surface area (Å²) in [4.78, 5) is 17.7. The van der Waals surface area contributed by atoms with Crippen LogP contribution in [0.5, 0.6) is 0 Å². The molecule has 2 bridgehead atoms. The largest absolute Gasteiger partial charge is 0.748 e. The third-order valence-electron chi connectivity index (χ3n) is 4.30. The fourth-order valence-corrected chi connectivity index (χ4v) is 3.81. The van der Waals surface area contributed by atoms with E-state index in [0.29, 0.717) is 18.1 Å². The highest BCUT2D eigenvalue weighted by Gasteiger charge is 2.61. The van der Waals surface area contributed by atoms with Gasteiger partial charge in [-0.05, 0) is 13.3 Å². The standard InChI is InChI=1S/C11H18NO2.CH4O3S/c1-8(13)11-9-4-2-6-12(9)7-3-5-10(11)14-12;1-5(2,3)4/h9-11H,2-7H2,1H3;1H3,(H,2,3,4)/q+1;/p-1/t9-,10-,11?,12?;/m0./s1. The smallest absolute Gasteiger partial charge is 0.141 e. The zero-order valence-electron chi connectivity index (χ0n) is 11.4. The van der Waals surface area contributed by atoms with Gasteiger partial charge in [-0.2, -0.15) is 9.48 Å². The summed E-state index contributed by atoms with van der Waals surface area (Å²) in [7, 11) is -3.92. The van der Waals surface area contributed by atoms with Crippen LogP contribution in [0.2, 0.25) is 0 Å². The van der Waals surface area contributed by atoms with Crippen molar-refractivity contribution in [3.8, 4) is 0 Å². The Balaban J connectivity index is 0.000000232. The van der Waals surface area contributed by atoms with E-state index >= 15 is 0 Å². The van der Waals surface area contributed by atoms with Crippen molar-refractivity contribution < 1.29 is 27.2 Å². The first-order valence-corrected chi connectivity index (χ1v) is 8.51. The summed E-state index contributed by atoms with van der Waals surface area (Å²) in [6.45, 7) is 4.03. The van der Waals surface area contributed by atoms with Crippen LogP contribution in [0, 0.1) is 5.92 Å². The quantitative estimate of drug-likeness (QED) is 0.517. The van der Waals surface area contributed by atoms with Crippen LogP contribution in [0.15, 0.2) is 0 Å². The van der Waals surface area contributed by atoms with Gasteiger partial charge >= 0.3 is 0 Å². The second-order valence-corrected chi connectivity index (χ2v) is 7.14. The van der Waals surface area contributed by atoms with Crippen LogP contribution in [0.25, 0.3) is 0 Å². The Labute approximate surface area is 114 Å². The van der Waals surface area contributed by atoms with Gasteiger partial charge in [-0.3, -0.25) is 4.79 Å². The minimum atomic E-state index is -3.92. The predicted molar refractivity (Wildman–Crippen MR) is 66.9 cm³/mol. The zero-order chi connectivity index (χ0) is 14.3. The van der Waals surface area contributed by atoms with E-state index in [1.807, 2.05) is 0 Å². The summed E-state index contributed by atoms with van der Waals surface area (Å²) >= 11 is 0. The van der Waals surface area contributed by atoms with Crippen molar-refractivity contribution in [3.63, 3.8) is 0 Å². The van der Waals surface area contributed by atoms with Gasteiger partial charge < -0.3 is 4.55 Å². The maximum Gasteiger partial charge on any atom is 0.141 e. The van der Waals surface area contributed by atoms with Gasteiger partial charge in [0.25, 0.3) is 0 Å². The van der Waals surface area contributed by atoms with Crippen LogP contribution < -0.4 is 0 Å². The third kappa shape index (κ3) is 3.16. The number of carbonyl (C=O) groups is 1. The third-order valence-corrected chi connectivity index (χ3v) is 4.30. The number of hydrogen-bond donors (Lipinski definition) is 0. The lowest BCUT2D eigenvalue weighted by Gasteiger charge is -2.33. The first-order valence-electron chi connectivity index (χ1n) is 6.69. The van der Waals surface area contributed by atoms with E-state index in [0.717, 1.165) is 24.2 Å². The molecule has 2 unspecified atom stereocenters. The van der Waals surface area contributed by atoms with Crippen LogP contribution in [0.1, 0.15) is 32.6 Å². The van der Waals surface area contributed by atoms with Gasteiger partial charge in [0.2, 0.25) is 0 Å². The van der Waals surface area contributed by atoms with Gasteiger partial charge in [0.05, 0.1) is 10.1 Å². The van der Waals surface area contributed by atoms with Crippen molar-refractivity contribution in [2.24, 2.45) is 5.92 Å². The Morgan fingerprint density at radius 1 is 1.26 bits per heavy atom. The molecule has 3 saturated heterocycles. The highest BCUT2D eigenvalue weighted by Crippen LogP contribution is 2.47. The maximum atomic E-state index is 11.6. The van der Waals surface area contributed by atoms with E-state index in [9.17, 15) is 4.79 Å². The molecule has 3 rings (SSSR count). The van der Waals surface area contributed by atoms with Crippen molar-refractivity contribution in [3.05, 3.63) is 0 Å². The average Bonchev–Trinajstić information content (AvgIpc) is 2.67.